The average molecular weight is 441 g/mol. The lowest BCUT2D eigenvalue weighted by atomic mass is 9.96. The summed E-state index contributed by atoms with van der Waals surface area (Å²) in [5.74, 6) is 0.757. The molecule has 166 valence electrons. The molecule has 0 unspecified atom stereocenters. The first-order valence-corrected chi connectivity index (χ1v) is 10.9. The summed E-state index contributed by atoms with van der Waals surface area (Å²) < 4.78 is 5.46. The largest absolute Gasteiger partial charge is 0.370 e. The molecule has 3 aromatic heterocycles. The van der Waals surface area contributed by atoms with Gasteiger partial charge in [-0.3, -0.25) is 14.8 Å². The van der Waals surface area contributed by atoms with Crippen molar-refractivity contribution in [2.45, 2.75) is 26.1 Å². The van der Waals surface area contributed by atoms with E-state index in [2.05, 4.69) is 49.6 Å². The highest BCUT2D eigenvalue weighted by Crippen LogP contribution is 2.28. The standard InChI is InChI=1S/C25H24N6O2/c1-15(18-4-3-5-19-20(25(32)26-2)6-7-27-24(18)19)10-29-23-9-21(30-14-31-23)16-8-17-12-33-13-22(17)28-11-16/h3-9,11,14-15H,10,12-13H2,1-2H3,(H,26,32)(H,29,30,31)/t15-/m1/s1. The Morgan fingerprint density at radius 3 is 2.91 bits per heavy atom. The molecule has 1 aliphatic rings. The molecule has 0 saturated heterocycles. The quantitative estimate of drug-likeness (QED) is 0.471. The fourth-order valence-electron chi connectivity index (χ4n) is 4.10. The van der Waals surface area contributed by atoms with Gasteiger partial charge in [-0.2, -0.15) is 0 Å². The number of fused-ring (bicyclic) bond motifs is 2. The van der Waals surface area contributed by atoms with Gasteiger partial charge in [0.05, 0.1) is 35.7 Å². The summed E-state index contributed by atoms with van der Waals surface area (Å²) in [7, 11) is 1.63. The molecule has 1 aliphatic heterocycles. The van der Waals surface area contributed by atoms with Crippen LogP contribution < -0.4 is 10.6 Å². The molecule has 1 aromatic carbocycles. The molecule has 33 heavy (non-hydrogen) atoms. The number of carbonyl (C=O) groups is 1. The molecule has 0 radical (unpaired) electrons. The molecule has 4 aromatic rings. The number of rotatable bonds is 6. The van der Waals surface area contributed by atoms with Crippen molar-refractivity contribution < 1.29 is 9.53 Å². The van der Waals surface area contributed by atoms with E-state index in [4.69, 9.17) is 4.74 Å². The average Bonchev–Trinajstić information content (AvgIpc) is 3.34. The number of ether oxygens (including phenoxy) is 1. The molecule has 1 atom stereocenters. The number of benzene rings is 1. The summed E-state index contributed by atoms with van der Waals surface area (Å²) >= 11 is 0. The first-order chi connectivity index (χ1) is 16.1. The Hall–Kier alpha value is -3.91. The highest BCUT2D eigenvalue weighted by Gasteiger charge is 2.16. The van der Waals surface area contributed by atoms with E-state index < -0.39 is 0 Å². The first kappa shape index (κ1) is 21.0. The van der Waals surface area contributed by atoms with Gasteiger partial charge in [0.15, 0.2) is 0 Å². The van der Waals surface area contributed by atoms with E-state index in [9.17, 15) is 4.79 Å². The molecule has 0 saturated carbocycles. The maximum Gasteiger partial charge on any atom is 0.251 e. The van der Waals surface area contributed by atoms with E-state index in [1.165, 1.54) is 0 Å². The number of hydrogen-bond acceptors (Lipinski definition) is 7. The van der Waals surface area contributed by atoms with Crippen LogP contribution in [0.25, 0.3) is 22.2 Å². The highest BCUT2D eigenvalue weighted by atomic mass is 16.5. The van der Waals surface area contributed by atoms with Crippen LogP contribution in [-0.2, 0) is 18.0 Å². The predicted molar refractivity (Wildman–Crippen MR) is 126 cm³/mol. The molecule has 1 amide bonds. The van der Waals surface area contributed by atoms with Crippen molar-refractivity contribution in [2.24, 2.45) is 0 Å². The van der Waals surface area contributed by atoms with Gasteiger partial charge in [-0.05, 0) is 17.7 Å². The minimum Gasteiger partial charge on any atom is -0.370 e. The highest BCUT2D eigenvalue weighted by molar-refractivity contribution is 6.06. The van der Waals surface area contributed by atoms with Crippen LogP contribution >= 0.6 is 0 Å². The van der Waals surface area contributed by atoms with Crippen molar-refractivity contribution in [3.05, 3.63) is 77.5 Å². The van der Waals surface area contributed by atoms with E-state index in [1.54, 1.807) is 25.6 Å². The van der Waals surface area contributed by atoms with Crippen LogP contribution in [0.15, 0.2) is 55.1 Å². The third-order valence-corrected chi connectivity index (χ3v) is 5.91. The lowest BCUT2D eigenvalue weighted by molar-refractivity contribution is 0.0964. The topological polar surface area (TPSA) is 102 Å². The summed E-state index contributed by atoms with van der Waals surface area (Å²) in [6.45, 7) is 3.93. The second-order valence-corrected chi connectivity index (χ2v) is 8.07. The smallest absolute Gasteiger partial charge is 0.251 e. The SMILES string of the molecule is CNC(=O)c1ccnc2c([C@H](C)CNc3cc(-c4cnc5c(c4)COC5)ncn3)cccc12. The molecule has 5 rings (SSSR count). The Balaban J connectivity index is 1.36. The number of carbonyl (C=O) groups excluding carboxylic acids is 1. The third kappa shape index (κ3) is 4.12. The molecular weight excluding hydrogens is 416 g/mol. The molecule has 0 aliphatic carbocycles. The Morgan fingerprint density at radius 2 is 2.03 bits per heavy atom. The third-order valence-electron chi connectivity index (χ3n) is 5.91. The molecule has 8 nitrogen and oxygen atoms in total. The van der Waals surface area contributed by atoms with Gasteiger partial charge in [-0.1, -0.05) is 25.1 Å². The van der Waals surface area contributed by atoms with Gasteiger partial charge in [-0.15, -0.1) is 0 Å². The zero-order valence-corrected chi connectivity index (χ0v) is 18.5. The van der Waals surface area contributed by atoms with Crippen LogP contribution in [0.4, 0.5) is 5.82 Å². The van der Waals surface area contributed by atoms with Crippen molar-refractivity contribution in [3.8, 4) is 11.3 Å². The second-order valence-electron chi connectivity index (χ2n) is 8.07. The Labute approximate surface area is 191 Å². The maximum atomic E-state index is 12.3. The Kier molecular flexibility index (Phi) is 5.66. The lowest BCUT2D eigenvalue weighted by Crippen LogP contribution is -2.18. The van der Waals surface area contributed by atoms with Crippen molar-refractivity contribution in [3.63, 3.8) is 0 Å². The molecular formula is C25H24N6O2. The van der Waals surface area contributed by atoms with Crippen molar-refractivity contribution in [1.29, 1.82) is 0 Å². The number of pyridine rings is 2. The van der Waals surface area contributed by atoms with E-state index in [1.807, 2.05) is 24.4 Å². The number of nitrogens with zero attached hydrogens (tertiary/aromatic N) is 4. The summed E-state index contributed by atoms with van der Waals surface area (Å²) in [6, 6.07) is 11.7. The van der Waals surface area contributed by atoms with Crippen LogP contribution in [0, 0.1) is 0 Å². The van der Waals surface area contributed by atoms with Gasteiger partial charge in [0.2, 0.25) is 0 Å². The van der Waals surface area contributed by atoms with Crippen LogP contribution in [0.3, 0.4) is 0 Å². The van der Waals surface area contributed by atoms with Gasteiger partial charge in [0.1, 0.15) is 12.1 Å². The monoisotopic (exact) mass is 440 g/mol. The number of aromatic nitrogens is 4. The summed E-state index contributed by atoms with van der Waals surface area (Å²) in [4.78, 5) is 30.1. The molecule has 8 heteroatoms. The lowest BCUT2D eigenvalue weighted by Gasteiger charge is -2.16. The van der Waals surface area contributed by atoms with Crippen molar-refractivity contribution >= 4 is 22.6 Å². The number of para-hydroxylation sites is 1. The van der Waals surface area contributed by atoms with Gasteiger partial charge in [-0.25, -0.2) is 9.97 Å². The summed E-state index contributed by atoms with van der Waals surface area (Å²) in [6.07, 6.45) is 5.07. The van der Waals surface area contributed by atoms with Gasteiger partial charge >= 0.3 is 0 Å². The van der Waals surface area contributed by atoms with Gasteiger partial charge < -0.3 is 15.4 Å². The van der Waals surface area contributed by atoms with E-state index in [-0.39, 0.29) is 11.8 Å². The van der Waals surface area contributed by atoms with Gasteiger partial charge in [0, 0.05) is 54.5 Å². The van der Waals surface area contributed by atoms with E-state index >= 15 is 0 Å². The maximum absolute atomic E-state index is 12.3. The van der Waals surface area contributed by atoms with Gasteiger partial charge in [0.25, 0.3) is 5.91 Å². The fraction of sp³-hybridized carbons (Fsp3) is 0.240. The minimum atomic E-state index is -0.119. The van der Waals surface area contributed by atoms with E-state index in [0.29, 0.717) is 25.3 Å². The number of nitrogens with one attached hydrogen (secondary N) is 2. The van der Waals surface area contributed by atoms with Crippen molar-refractivity contribution in [1.82, 2.24) is 25.3 Å². The molecule has 0 fully saturated rings. The zero-order chi connectivity index (χ0) is 22.8. The predicted octanol–water partition coefficient (Wildman–Crippen LogP) is 3.69. The molecule has 2 N–H and O–H groups in total. The molecule has 0 spiro atoms. The summed E-state index contributed by atoms with van der Waals surface area (Å²) in [5, 5.41) is 6.96. The molecule has 0 bridgehead atoms. The van der Waals surface area contributed by atoms with Crippen LogP contribution in [-0.4, -0.2) is 39.4 Å². The number of hydrogen-bond donors (Lipinski definition) is 2. The van der Waals surface area contributed by atoms with E-state index in [0.717, 1.165) is 44.8 Å². The first-order valence-electron chi connectivity index (χ1n) is 10.9. The fourth-order valence-corrected chi connectivity index (χ4v) is 4.10. The Morgan fingerprint density at radius 1 is 1.12 bits per heavy atom. The van der Waals surface area contributed by atoms with Crippen LogP contribution in [0.1, 0.15) is 40.0 Å². The van der Waals surface area contributed by atoms with Crippen LogP contribution in [0.2, 0.25) is 0 Å². The number of anilines is 1. The molecule has 4 heterocycles. The van der Waals surface area contributed by atoms with Crippen LogP contribution in [0.5, 0.6) is 0 Å². The summed E-state index contributed by atoms with van der Waals surface area (Å²) in [5.41, 5.74) is 6.38. The Bertz CT molecular complexity index is 1340. The minimum absolute atomic E-state index is 0.119. The number of amides is 1. The zero-order valence-electron chi connectivity index (χ0n) is 18.5. The normalized spacial score (nSPS) is 13.5. The second kappa shape index (κ2) is 8.91. The van der Waals surface area contributed by atoms with Crippen molar-refractivity contribution in [2.75, 3.05) is 18.9 Å².